The van der Waals surface area contributed by atoms with E-state index in [2.05, 4.69) is 19.9 Å². The Hall–Kier alpha value is -1.44. The molecule has 0 fully saturated rings. The summed E-state index contributed by atoms with van der Waals surface area (Å²) in [5.74, 6) is 2.59. The van der Waals surface area contributed by atoms with Gasteiger partial charge in [0.25, 0.3) is 0 Å². The zero-order valence-corrected chi connectivity index (χ0v) is 10.8. The lowest BCUT2D eigenvalue weighted by Gasteiger charge is -2.25. The zero-order chi connectivity index (χ0) is 12.3. The van der Waals surface area contributed by atoms with Gasteiger partial charge in [-0.3, -0.25) is 0 Å². The number of hydrogen-bond donors (Lipinski definition) is 0. The van der Waals surface area contributed by atoms with Gasteiger partial charge in [-0.1, -0.05) is 6.92 Å². The number of rotatable bonds is 3. The topological polar surface area (TPSA) is 22.4 Å². The highest BCUT2D eigenvalue weighted by Gasteiger charge is 2.21. The van der Waals surface area contributed by atoms with Gasteiger partial charge in [0, 0.05) is 0 Å². The van der Waals surface area contributed by atoms with E-state index < -0.39 is 0 Å². The van der Waals surface area contributed by atoms with Crippen molar-refractivity contribution in [2.45, 2.75) is 33.6 Å². The number of allylic oxidation sites excluding steroid dienone is 2. The van der Waals surface area contributed by atoms with Crippen molar-refractivity contribution in [2.24, 2.45) is 5.92 Å². The lowest BCUT2D eigenvalue weighted by atomic mass is 9.85. The van der Waals surface area contributed by atoms with Crippen LogP contribution in [0.1, 0.15) is 39.4 Å². The van der Waals surface area contributed by atoms with Gasteiger partial charge in [0.2, 0.25) is 0 Å². The maximum Gasteiger partial charge on any atom is 0.127 e. The van der Waals surface area contributed by atoms with Gasteiger partial charge >= 0.3 is 0 Å². The number of ether oxygens (including phenoxy) is 1. The molecule has 1 aromatic rings. The second-order valence-electron chi connectivity index (χ2n) is 4.57. The molecular weight excluding hydrogens is 212 g/mol. The summed E-state index contributed by atoms with van der Waals surface area (Å²) in [4.78, 5) is 0. The maximum atomic E-state index is 5.80. The van der Waals surface area contributed by atoms with E-state index in [1.807, 2.05) is 19.1 Å². The average molecular weight is 232 g/mol. The molecule has 0 aromatic carbocycles. The molecule has 1 heterocycles. The fraction of sp³-hybridized carbons (Fsp3) is 0.467. The van der Waals surface area contributed by atoms with Crippen LogP contribution in [0, 0.1) is 5.92 Å². The molecule has 2 rings (SSSR count). The summed E-state index contributed by atoms with van der Waals surface area (Å²) in [6.07, 6.45) is 6.05. The van der Waals surface area contributed by atoms with Crippen LogP contribution in [0.15, 0.2) is 39.7 Å². The number of furan rings is 1. The first-order valence-corrected chi connectivity index (χ1v) is 6.30. The fourth-order valence-corrected chi connectivity index (χ4v) is 2.21. The van der Waals surface area contributed by atoms with Crippen molar-refractivity contribution in [3.8, 4) is 0 Å². The monoisotopic (exact) mass is 232 g/mol. The predicted molar refractivity (Wildman–Crippen MR) is 69.4 cm³/mol. The molecule has 0 spiro atoms. The summed E-state index contributed by atoms with van der Waals surface area (Å²) >= 11 is 0. The van der Waals surface area contributed by atoms with Crippen molar-refractivity contribution in [1.82, 2.24) is 0 Å². The van der Waals surface area contributed by atoms with E-state index in [9.17, 15) is 0 Å². The highest BCUT2D eigenvalue weighted by atomic mass is 16.5. The second kappa shape index (κ2) is 5.26. The van der Waals surface area contributed by atoms with Crippen molar-refractivity contribution in [2.75, 3.05) is 6.61 Å². The molecule has 0 N–H and O–H groups in total. The van der Waals surface area contributed by atoms with Crippen LogP contribution in [0.2, 0.25) is 0 Å². The molecule has 2 heteroatoms. The Bertz CT molecular complexity index is 424. The highest BCUT2D eigenvalue weighted by Crippen LogP contribution is 2.35. The summed E-state index contributed by atoms with van der Waals surface area (Å²) in [6, 6.07) is 3.89. The van der Waals surface area contributed by atoms with Gasteiger partial charge in [-0.2, -0.15) is 0 Å². The standard InChI is InChI=1S/C15H20O2/c1-4-16-15-12(3)11(2)7-8-13(15)10-14-6-5-9-17-14/h5-6,9-11H,4,7-8H2,1-3H3. The van der Waals surface area contributed by atoms with Crippen molar-refractivity contribution >= 4 is 6.08 Å². The number of hydrogen-bond acceptors (Lipinski definition) is 2. The molecule has 0 saturated heterocycles. The van der Waals surface area contributed by atoms with Gasteiger partial charge in [-0.25, -0.2) is 0 Å². The molecule has 1 aliphatic carbocycles. The molecule has 2 nitrogen and oxygen atoms in total. The zero-order valence-electron chi connectivity index (χ0n) is 10.8. The van der Waals surface area contributed by atoms with Crippen molar-refractivity contribution in [1.29, 1.82) is 0 Å². The van der Waals surface area contributed by atoms with Gasteiger partial charge in [0.1, 0.15) is 11.5 Å². The van der Waals surface area contributed by atoms with Gasteiger partial charge in [-0.15, -0.1) is 0 Å². The minimum Gasteiger partial charge on any atom is -0.494 e. The van der Waals surface area contributed by atoms with E-state index >= 15 is 0 Å². The average Bonchev–Trinajstić information content (AvgIpc) is 2.81. The summed E-state index contributed by atoms with van der Waals surface area (Å²) in [6.45, 7) is 7.18. The molecule has 0 amide bonds. The molecule has 1 atom stereocenters. The smallest absolute Gasteiger partial charge is 0.127 e. The van der Waals surface area contributed by atoms with E-state index in [1.54, 1.807) is 6.26 Å². The van der Waals surface area contributed by atoms with Crippen LogP contribution in [-0.4, -0.2) is 6.61 Å². The van der Waals surface area contributed by atoms with Gasteiger partial charge in [0.05, 0.1) is 12.9 Å². The quantitative estimate of drug-likeness (QED) is 0.770. The van der Waals surface area contributed by atoms with Crippen LogP contribution in [-0.2, 0) is 4.74 Å². The normalized spacial score (nSPS) is 23.2. The Morgan fingerprint density at radius 2 is 2.35 bits per heavy atom. The lowest BCUT2D eigenvalue weighted by Crippen LogP contribution is -2.12. The fourth-order valence-electron chi connectivity index (χ4n) is 2.21. The van der Waals surface area contributed by atoms with Crippen LogP contribution in [0.3, 0.4) is 0 Å². The molecule has 0 aliphatic heterocycles. The van der Waals surface area contributed by atoms with E-state index in [-0.39, 0.29) is 0 Å². The maximum absolute atomic E-state index is 5.80. The van der Waals surface area contributed by atoms with Crippen LogP contribution in [0.25, 0.3) is 6.08 Å². The van der Waals surface area contributed by atoms with E-state index in [0.29, 0.717) is 5.92 Å². The Labute approximate surface area is 103 Å². The molecular formula is C15H20O2. The first kappa shape index (κ1) is 12.0. The van der Waals surface area contributed by atoms with Crippen LogP contribution < -0.4 is 0 Å². The first-order valence-electron chi connectivity index (χ1n) is 6.30. The Morgan fingerprint density at radius 1 is 1.53 bits per heavy atom. The van der Waals surface area contributed by atoms with Crippen LogP contribution in [0.4, 0.5) is 0 Å². The van der Waals surface area contributed by atoms with Gasteiger partial charge in [-0.05, 0) is 62.0 Å². The minimum atomic E-state index is 0.616. The van der Waals surface area contributed by atoms with Crippen molar-refractivity contribution in [3.05, 3.63) is 41.1 Å². The van der Waals surface area contributed by atoms with Crippen LogP contribution in [0.5, 0.6) is 0 Å². The first-order chi connectivity index (χ1) is 8.22. The Morgan fingerprint density at radius 3 is 3.00 bits per heavy atom. The third-order valence-electron chi connectivity index (χ3n) is 3.38. The third-order valence-corrected chi connectivity index (χ3v) is 3.38. The molecule has 0 radical (unpaired) electrons. The SMILES string of the molecule is CCOC1=C(C)C(C)CCC1=Cc1ccco1. The molecule has 1 aromatic heterocycles. The molecule has 17 heavy (non-hydrogen) atoms. The molecule has 1 aliphatic rings. The van der Waals surface area contributed by atoms with E-state index in [0.717, 1.165) is 24.5 Å². The Kier molecular flexibility index (Phi) is 3.72. The molecule has 92 valence electrons. The Balaban J connectivity index is 2.33. The summed E-state index contributed by atoms with van der Waals surface area (Å²) < 4.78 is 11.2. The van der Waals surface area contributed by atoms with Crippen LogP contribution >= 0.6 is 0 Å². The highest BCUT2D eigenvalue weighted by molar-refractivity contribution is 5.55. The lowest BCUT2D eigenvalue weighted by molar-refractivity contribution is 0.223. The summed E-state index contributed by atoms with van der Waals surface area (Å²) in [5, 5.41) is 0. The second-order valence-corrected chi connectivity index (χ2v) is 4.57. The largest absolute Gasteiger partial charge is 0.494 e. The molecule has 0 saturated carbocycles. The van der Waals surface area contributed by atoms with E-state index in [1.165, 1.54) is 17.6 Å². The minimum absolute atomic E-state index is 0.616. The summed E-state index contributed by atoms with van der Waals surface area (Å²) in [7, 11) is 0. The molecule has 0 bridgehead atoms. The van der Waals surface area contributed by atoms with Crippen molar-refractivity contribution < 1.29 is 9.15 Å². The van der Waals surface area contributed by atoms with E-state index in [4.69, 9.17) is 9.15 Å². The predicted octanol–water partition coefficient (Wildman–Crippen LogP) is 4.40. The van der Waals surface area contributed by atoms with Gasteiger partial charge in [0.15, 0.2) is 0 Å². The van der Waals surface area contributed by atoms with Gasteiger partial charge < -0.3 is 9.15 Å². The molecule has 1 unspecified atom stereocenters. The third kappa shape index (κ3) is 2.63. The van der Waals surface area contributed by atoms with Crippen molar-refractivity contribution in [3.63, 3.8) is 0 Å². The summed E-state index contributed by atoms with van der Waals surface area (Å²) in [5.41, 5.74) is 2.62.